The third-order valence-corrected chi connectivity index (χ3v) is 3.05. The van der Waals surface area contributed by atoms with Crippen LogP contribution in [-0.4, -0.2) is 22.6 Å². The van der Waals surface area contributed by atoms with Gasteiger partial charge in [0.2, 0.25) is 0 Å². The summed E-state index contributed by atoms with van der Waals surface area (Å²) in [7, 11) is 0. The zero-order chi connectivity index (χ0) is 12.5. The van der Waals surface area contributed by atoms with Gasteiger partial charge in [0.15, 0.2) is 5.69 Å². The lowest BCUT2D eigenvalue weighted by Crippen LogP contribution is -2.35. The Morgan fingerprint density at radius 2 is 2.12 bits per heavy atom. The van der Waals surface area contributed by atoms with Crippen molar-refractivity contribution in [2.24, 2.45) is 0 Å². The number of nitrogens with zero attached hydrogens (tertiary/aromatic N) is 1. The van der Waals surface area contributed by atoms with Crippen LogP contribution in [0.4, 0.5) is 13.2 Å². The van der Waals surface area contributed by atoms with Crippen LogP contribution in [0, 0.1) is 6.92 Å². The van der Waals surface area contributed by atoms with E-state index in [1.807, 2.05) is 0 Å². The molecule has 0 aliphatic carbocycles. The molecule has 1 aliphatic heterocycles. The monoisotopic (exact) mass is 247 g/mol. The number of nitrogens with one attached hydrogen (secondary N) is 2. The summed E-state index contributed by atoms with van der Waals surface area (Å²) in [6.07, 6.45) is -0.554. The van der Waals surface area contributed by atoms with E-state index >= 15 is 0 Å². The van der Waals surface area contributed by atoms with Crippen molar-refractivity contribution in [2.75, 3.05) is 6.54 Å². The third kappa shape index (κ3) is 3.00. The molecule has 1 aliphatic rings. The molecule has 1 aromatic heterocycles. The maximum atomic E-state index is 12.5. The van der Waals surface area contributed by atoms with E-state index in [-0.39, 0.29) is 11.7 Å². The van der Waals surface area contributed by atoms with Crippen LogP contribution in [0.3, 0.4) is 0 Å². The molecule has 0 radical (unpaired) electrons. The number of halogens is 3. The van der Waals surface area contributed by atoms with Gasteiger partial charge in [0.25, 0.3) is 0 Å². The van der Waals surface area contributed by atoms with E-state index in [0.717, 1.165) is 25.8 Å². The first kappa shape index (κ1) is 12.4. The molecule has 1 atom stereocenters. The summed E-state index contributed by atoms with van der Waals surface area (Å²) in [6.45, 7) is 2.35. The number of rotatable bonds is 2. The maximum absolute atomic E-state index is 12.5. The Balaban J connectivity index is 2.06. The van der Waals surface area contributed by atoms with Gasteiger partial charge in [-0.05, 0) is 26.3 Å². The highest BCUT2D eigenvalue weighted by molar-refractivity contribution is 5.16. The number of aryl methyl sites for hydroxylation is 1. The zero-order valence-electron chi connectivity index (χ0n) is 9.69. The van der Waals surface area contributed by atoms with E-state index in [1.54, 1.807) is 0 Å². The largest absolute Gasteiger partial charge is 0.435 e. The molecule has 0 amide bonds. The molecule has 0 bridgehead atoms. The highest BCUT2D eigenvalue weighted by Crippen LogP contribution is 2.30. The molecule has 1 aromatic rings. The smallest absolute Gasteiger partial charge is 0.346 e. The van der Waals surface area contributed by atoms with Crippen LogP contribution in [0.5, 0.6) is 0 Å². The van der Waals surface area contributed by atoms with Crippen LogP contribution >= 0.6 is 0 Å². The van der Waals surface area contributed by atoms with Crippen molar-refractivity contribution in [1.29, 1.82) is 0 Å². The van der Waals surface area contributed by atoms with Gasteiger partial charge in [-0.15, -0.1) is 0 Å². The Morgan fingerprint density at radius 1 is 1.35 bits per heavy atom. The minimum absolute atomic E-state index is 0.100. The van der Waals surface area contributed by atoms with Gasteiger partial charge in [0.1, 0.15) is 5.82 Å². The van der Waals surface area contributed by atoms with Crippen LogP contribution in [-0.2, 0) is 12.6 Å². The first-order chi connectivity index (χ1) is 7.97. The van der Waals surface area contributed by atoms with Crippen molar-refractivity contribution in [3.63, 3.8) is 0 Å². The van der Waals surface area contributed by atoms with Crippen LogP contribution in [0.1, 0.15) is 36.5 Å². The number of hydrogen-bond acceptors (Lipinski definition) is 2. The zero-order valence-corrected chi connectivity index (χ0v) is 9.69. The SMILES string of the molecule is Cc1[nH]c(CC2CCCCN2)nc1C(F)(F)F. The number of piperidine rings is 1. The fraction of sp³-hybridized carbons (Fsp3) is 0.727. The number of aromatic nitrogens is 2. The van der Waals surface area contributed by atoms with Crippen molar-refractivity contribution in [1.82, 2.24) is 15.3 Å². The Kier molecular flexibility index (Phi) is 3.42. The van der Waals surface area contributed by atoms with E-state index in [4.69, 9.17) is 0 Å². The molecule has 2 rings (SSSR count). The molecule has 1 saturated heterocycles. The van der Waals surface area contributed by atoms with Gasteiger partial charge in [-0.1, -0.05) is 6.42 Å². The quantitative estimate of drug-likeness (QED) is 0.842. The molecule has 17 heavy (non-hydrogen) atoms. The van der Waals surface area contributed by atoms with E-state index in [2.05, 4.69) is 15.3 Å². The van der Waals surface area contributed by atoms with Gasteiger partial charge in [-0.3, -0.25) is 0 Å². The van der Waals surface area contributed by atoms with E-state index in [9.17, 15) is 13.2 Å². The van der Waals surface area contributed by atoms with Crippen molar-refractivity contribution in [2.45, 2.75) is 44.8 Å². The molecule has 96 valence electrons. The number of alkyl halides is 3. The summed E-state index contributed by atoms with van der Waals surface area (Å²) in [6, 6.07) is 0.246. The maximum Gasteiger partial charge on any atom is 0.435 e. The van der Waals surface area contributed by atoms with Gasteiger partial charge < -0.3 is 10.3 Å². The molecule has 1 fully saturated rings. The summed E-state index contributed by atoms with van der Waals surface area (Å²) in [5.41, 5.74) is -0.688. The summed E-state index contributed by atoms with van der Waals surface area (Å²) >= 11 is 0. The van der Waals surface area contributed by atoms with Crippen LogP contribution in [0.25, 0.3) is 0 Å². The van der Waals surface area contributed by atoms with Crippen LogP contribution < -0.4 is 5.32 Å². The topological polar surface area (TPSA) is 40.7 Å². The second-order valence-corrected chi connectivity index (χ2v) is 4.51. The number of H-pyrrole nitrogens is 1. The second-order valence-electron chi connectivity index (χ2n) is 4.51. The molecule has 2 heterocycles. The Hall–Kier alpha value is -1.04. The van der Waals surface area contributed by atoms with Crippen LogP contribution in [0.2, 0.25) is 0 Å². The number of imidazole rings is 1. The minimum Gasteiger partial charge on any atom is -0.346 e. The molecule has 2 N–H and O–H groups in total. The molecule has 1 unspecified atom stereocenters. The first-order valence-corrected chi connectivity index (χ1v) is 5.83. The fourth-order valence-electron chi connectivity index (χ4n) is 2.23. The Labute approximate surface area is 97.8 Å². The molecular weight excluding hydrogens is 231 g/mol. The lowest BCUT2D eigenvalue weighted by Gasteiger charge is -2.22. The summed E-state index contributed by atoms with van der Waals surface area (Å²) < 4.78 is 37.6. The lowest BCUT2D eigenvalue weighted by molar-refractivity contribution is -0.141. The number of aromatic amines is 1. The van der Waals surface area contributed by atoms with Gasteiger partial charge in [0, 0.05) is 18.2 Å². The predicted octanol–water partition coefficient (Wildman–Crippen LogP) is 2.42. The highest BCUT2D eigenvalue weighted by atomic mass is 19.4. The van der Waals surface area contributed by atoms with Crippen molar-refractivity contribution >= 4 is 0 Å². The minimum atomic E-state index is -4.36. The van der Waals surface area contributed by atoms with E-state index in [0.29, 0.717) is 12.2 Å². The average molecular weight is 247 g/mol. The number of hydrogen-bond donors (Lipinski definition) is 2. The highest BCUT2D eigenvalue weighted by Gasteiger charge is 2.36. The lowest BCUT2D eigenvalue weighted by atomic mass is 10.0. The molecule has 3 nitrogen and oxygen atoms in total. The fourth-order valence-corrected chi connectivity index (χ4v) is 2.23. The van der Waals surface area contributed by atoms with Gasteiger partial charge in [-0.2, -0.15) is 13.2 Å². The van der Waals surface area contributed by atoms with E-state index in [1.165, 1.54) is 6.92 Å². The summed E-state index contributed by atoms with van der Waals surface area (Å²) in [5, 5.41) is 3.29. The molecule has 0 saturated carbocycles. The molecular formula is C11H16F3N3. The average Bonchev–Trinajstić information content (AvgIpc) is 2.60. The van der Waals surface area contributed by atoms with Gasteiger partial charge >= 0.3 is 6.18 Å². The normalized spacial score (nSPS) is 21.8. The van der Waals surface area contributed by atoms with Crippen molar-refractivity contribution in [3.05, 3.63) is 17.2 Å². The van der Waals surface area contributed by atoms with Crippen LogP contribution in [0.15, 0.2) is 0 Å². The van der Waals surface area contributed by atoms with Crippen molar-refractivity contribution < 1.29 is 13.2 Å². The van der Waals surface area contributed by atoms with E-state index < -0.39 is 11.9 Å². The molecule has 0 aromatic carbocycles. The Bertz CT molecular complexity index is 378. The van der Waals surface area contributed by atoms with Gasteiger partial charge in [0.05, 0.1) is 0 Å². The molecule has 0 spiro atoms. The first-order valence-electron chi connectivity index (χ1n) is 5.83. The molecule has 6 heteroatoms. The second kappa shape index (κ2) is 4.68. The van der Waals surface area contributed by atoms with Crippen molar-refractivity contribution in [3.8, 4) is 0 Å². The standard InChI is InChI=1S/C11H16F3N3/c1-7-10(11(12,13)14)17-9(16-7)6-8-4-2-3-5-15-8/h8,15H,2-6H2,1H3,(H,16,17). The Morgan fingerprint density at radius 3 is 2.65 bits per heavy atom. The van der Waals surface area contributed by atoms with Gasteiger partial charge in [-0.25, -0.2) is 4.98 Å². The predicted molar refractivity (Wildman–Crippen MR) is 57.7 cm³/mol. The third-order valence-electron chi connectivity index (χ3n) is 3.05. The summed E-state index contributed by atoms with van der Waals surface area (Å²) in [5.74, 6) is 0.425. The summed E-state index contributed by atoms with van der Waals surface area (Å²) in [4.78, 5) is 6.38.